The summed E-state index contributed by atoms with van der Waals surface area (Å²) < 4.78 is 6.65. The molecule has 2 heterocycles. The van der Waals surface area contributed by atoms with Crippen LogP contribution in [-0.2, 0) is 0 Å². The molecule has 1 N–H and O–H groups in total. The van der Waals surface area contributed by atoms with Crippen molar-refractivity contribution in [3.8, 4) is 0 Å². The van der Waals surface area contributed by atoms with Crippen LogP contribution in [-0.4, -0.2) is 37.5 Å². The van der Waals surface area contributed by atoms with Crippen molar-refractivity contribution in [3.63, 3.8) is 0 Å². The summed E-state index contributed by atoms with van der Waals surface area (Å²) in [6.45, 7) is 2.57. The van der Waals surface area contributed by atoms with Crippen LogP contribution in [0.5, 0.6) is 0 Å². The predicted molar refractivity (Wildman–Crippen MR) is 81.9 cm³/mol. The average Bonchev–Trinajstić information content (AvgIpc) is 3.04. The van der Waals surface area contributed by atoms with E-state index in [1.807, 2.05) is 36.2 Å². The molecule has 20 heavy (non-hydrogen) atoms. The standard InChI is InChI=1S/C15H17BrN2O2/c1-17-8-10-4-5-18(9-10)15(19)14-7-11-6-12(16)2-3-13(11)20-14/h2-3,6-7,10,17H,4-5,8-9H2,1H3. The predicted octanol–water partition coefficient (Wildman–Crippen LogP) is 2.88. The number of benzene rings is 1. The van der Waals surface area contributed by atoms with Crippen LogP contribution in [0.3, 0.4) is 0 Å². The quantitative estimate of drug-likeness (QED) is 0.937. The largest absolute Gasteiger partial charge is 0.451 e. The number of rotatable bonds is 3. The Morgan fingerprint density at radius 1 is 1.50 bits per heavy atom. The van der Waals surface area contributed by atoms with Gasteiger partial charge >= 0.3 is 0 Å². The number of halogens is 1. The summed E-state index contributed by atoms with van der Waals surface area (Å²) in [4.78, 5) is 14.3. The van der Waals surface area contributed by atoms with E-state index in [0.717, 1.165) is 41.5 Å². The molecule has 2 aromatic rings. The van der Waals surface area contributed by atoms with Gasteiger partial charge in [-0.15, -0.1) is 0 Å². The molecule has 1 saturated heterocycles. The molecular formula is C15H17BrN2O2. The lowest BCUT2D eigenvalue weighted by Crippen LogP contribution is -2.30. The number of carbonyl (C=O) groups is 1. The Labute approximate surface area is 126 Å². The Morgan fingerprint density at radius 2 is 2.35 bits per heavy atom. The van der Waals surface area contributed by atoms with Gasteiger partial charge in [-0.1, -0.05) is 15.9 Å². The van der Waals surface area contributed by atoms with Crippen LogP contribution in [0.4, 0.5) is 0 Å². The topological polar surface area (TPSA) is 45.5 Å². The lowest BCUT2D eigenvalue weighted by Gasteiger charge is -2.14. The van der Waals surface area contributed by atoms with Gasteiger partial charge in [0.05, 0.1) is 0 Å². The molecule has 1 fully saturated rings. The van der Waals surface area contributed by atoms with E-state index >= 15 is 0 Å². The van der Waals surface area contributed by atoms with Gasteiger partial charge in [0.15, 0.2) is 5.76 Å². The van der Waals surface area contributed by atoms with Crippen LogP contribution in [0.15, 0.2) is 33.2 Å². The van der Waals surface area contributed by atoms with E-state index in [4.69, 9.17) is 4.42 Å². The first kappa shape index (κ1) is 13.6. The molecule has 0 radical (unpaired) electrons. The second kappa shape index (κ2) is 5.58. The maximum atomic E-state index is 12.5. The number of likely N-dealkylation sites (tertiary alicyclic amines) is 1. The number of nitrogens with zero attached hydrogens (tertiary/aromatic N) is 1. The first-order valence-corrected chi connectivity index (χ1v) is 7.59. The van der Waals surface area contributed by atoms with Crippen molar-refractivity contribution in [2.45, 2.75) is 6.42 Å². The molecule has 0 bridgehead atoms. The van der Waals surface area contributed by atoms with Gasteiger partial charge in [-0.2, -0.15) is 0 Å². The minimum Gasteiger partial charge on any atom is -0.451 e. The smallest absolute Gasteiger partial charge is 0.289 e. The Balaban J connectivity index is 1.79. The minimum absolute atomic E-state index is 0.00377. The lowest BCUT2D eigenvalue weighted by molar-refractivity contribution is 0.0758. The molecule has 1 aromatic carbocycles. The molecule has 1 unspecified atom stereocenters. The maximum absolute atomic E-state index is 12.5. The van der Waals surface area contributed by atoms with E-state index in [0.29, 0.717) is 11.7 Å². The Bertz CT molecular complexity index is 638. The third kappa shape index (κ3) is 2.60. The van der Waals surface area contributed by atoms with Crippen LogP contribution in [0.25, 0.3) is 11.0 Å². The van der Waals surface area contributed by atoms with Crippen molar-refractivity contribution in [3.05, 3.63) is 34.5 Å². The second-order valence-corrected chi connectivity index (χ2v) is 6.17. The molecule has 4 nitrogen and oxygen atoms in total. The van der Waals surface area contributed by atoms with E-state index in [2.05, 4.69) is 21.2 Å². The Morgan fingerprint density at radius 3 is 3.15 bits per heavy atom. The summed E-state index contributed by atoms with van der Waals surface area (Å²) in [6.07, 6.45) is 1.05. The van der Waals surface area contributed by atoms with Crippen molar-refractivity contribution >= 4 is 32.8 Å². The molecule has 3 rings (SSSR count). The van der Waals surface area contributed by atoms with Gasteiger partial charge in [-0.3, -0.25) is 4.79 Å². The number of carbonyl (C=O) groups excluding carboxylic acids is 1. The van der Waals surface area contributed by atoms with Gasteiger partial charge in [0.1, 0.15) is 5.58 Å². The molecule has 1 aliphatic heterocycles. The minimum atomic E-state index is -0.00377. The zero-order chi connectivity index (χ0) is 14.1. The normalized spacial score (nSPS) is 18.9. The highest BCUT2D eigenvalue weighted by Gasteiger charge is 2.28. The second-order valence-electron chi connectivity index (χ2n) is 5.26. The summed E-state index contributed by atoms with van der Waals surface area (Å²) in [5.41, 5.74) is 0.752. The van der Waals surface area contributed by atoms with Crippen molar-refractivity contribution < 1.29 is 9.21 Å². The van der Waals surface area contributed by atoms with Crippen molar-refractivity contribution in [1.29, 1.82) is 0 Å². The molecule has 0 spiro atoms. The first-order valence-electron chi connectivity index (χ1n) is 6.80. The van der Waals surface area contributed by atoms with Crippen molar-refractivity contribution in [2.75, 3.05) is 26.7 Å². The molecule has 1 aromatic heterocycles. The highest BCUT2D eigenvalue weighted by molar-refractivity contribution is 9.10. The Kier molecular flexibility index (Phi) is 3.81. The first-order chi connectivity index (χ1) is 9.67. The fraction of sp³-hybridized carbons (Fsp3) is 0.400. The van der Waals surface area contributed by atoms with Gasteiger partial charge in [0.2, 0.25) is 0 Å². The van der Waals surface area contributed by atoms with Crippen molar-refractivity contribution in [1.82, 2.24) is 10.2 Å². The van der Waals surface area contributed by atoms with E-state index in [1.165, 1.54) is 0 Å². The summed E-state index contributed by atoms with van der Waals surface area (Å²) in [6, 6.07) is 7.58. The number of hydrogen-bond acceptors (Lipinski definition) is 3. The number of hydrogen-bond donors (Lipinski definition) is 1. The number of furan rings is 1. The molecular weight excluding hydrogens is 320 g/mol. The van der Waals surface area contributed by atoms with Gasteiger partial charge in [0, 0.05) is 22.9 Å². The summed E-state index contributed by atoms with van der Waals surface area (Å²) in [5.74, 6) is 0.974. The molecule has 0 saturated carbocycles. The summed E-state index contributed by atoms with van der Waals surface area (Å²) in [7, 11) is 1.95. The molecule has 1 amide bonds. The van der Waals surface area contributed by atoms with Gasteiger partial charge in [-0.05, 0) is 50.2 Å². The highest BCUT2D eigenvalue weighted by Crippen LogP contribution is 2.25. The SMILES string of the molecule is CNCC1CCN(C(=O)c2cc3cc(Br)ccc3o2)C1. The fourth-order valence-corrected chi connectivity index (χ4v) is 3.13. The van der Waals surface area contributed by atoms with Crippen LogP contribution >= 0.6 is 15.9 Å². The molecule has 1 aliphatic rings. The number of amides is 1. The van der Waals surface area contributed by atoms with Crippen molar-refractivity contribution in [2.24, 2.45) is 5.92 Å². The van der Waals surface area contributed by atoms with Crippen LogP contribution in [0.2, 0.25) is 0 Å². The average molecular weight is 337 g/mol. The molecule has 5 heteroatoms. The highest BCUT2D eigenvalue weighted by atomic mass is 79.9. The Hall–Kier alpha value is -1.33. The van der Waals surface area contributed by atoms with Crippen LogP contribution < -0.4 is 5.32 Å². The zero-order valence-corrected chi connectivity index (χ0v) is 12.9. The lowest BCUT2D eigenvalue weighted by atomic mass is 10.1. The molecule has 0 aliphatic carbocycles. The van der Waals surface area contributed by atoms with Gasteiger partial charge in [0.25, 0.3) is 5.91 Å². The molecule has 106 valence electrons. The van der Waals surface area contributed by atoms with E-state index in [9.17, 15) is 4.79 Å². The number of nitrogens with one attached hydrogen (secondary N) is 1. The van der Waals surface area contributed by atoms with Gasteiger partial charge < -0.3 is 14.6 Å². The summed E-state index contributed by atoms with van der Waals surface area (Å²) >= 11 is 3.43. The third-order valence-electron chi connectivity index (χ3n) is 3.75. The fourth-order valence-electron chi connectivity index (χ4n) is 2.75. The summed E-state index contributed by atoms with van der Waals surface area (Å²) in [5, 5.41) is 4.12. The third-order valence-corrected chi connectivity index (χ3v) is 4.25. The maximum Gasteiger partial charge on any atom is 0.289 e. The van der Waals surface area contributed by atoms with Crippen LogP contribution in [0.1, 0.15) is 17.0 Å². The zero-order valence-electron chi connectivity index (χ0n) is 11.4. The molecule has 1 atom stereocenters. The van der Waals surface area contributed by atoms with E-state index in [1.54, 1.807) is 0 Å². The number of fused-ring (bicyclic) bond motifs is 1. The monoisotopic (exact) mass is 336 g/mol. The van der Waals surface area contributed by atoms with Crippen LogP contribution in [0, 0.1) is 5.92 Å². The van der Waals surface area contributed by atoms with E-state index in [-0.39, 0.29) is 5.91 Å². The van der Waals surface area contributed by atoms with E-state index < -0.39 is 0 Å². The van der Waals surface area contributed by atoms with Gasteiger partial charge in [-0.25, -0.2) is 0 Å².